The molecule has 1 heterocycles. The molecule has 0 unspecified atom stereocenters. The molecule has 3 aromatic carbocycles. The summed E-state index contributed by atoms with van der Waals surface area (Å²) in [6.45, 7) is -0.221. The third-order valence-corrected chi connectivity index (χ3v) is 6.94. The number of anilines is 2. The predicted octanol–water partition coefficient (Wildman–Crippen LogP) is 3.11. The quantitative estimate of drug-likeness (QED) is 0.564. The van der Waals surface area contributed by atoms with Crippen molar-refractivity contribution in [2.75, 3.05) is 22.8 Å². The average molecular weight is 461 g/mol. The zero-order chi connectivity index (χ0) is 23.4. The number of amides is 1. The van der Waals surface area contributed by atoms with Gasteiger partial charge in [0, 0.05) is 12.2 Å². The highest BCUT2D eigenvalue weighted by molar-refractivity contribution is 7.92. The Morgan fingerprint density at radius 2 is 1.79 bits per heavy atom. The molecular formula is C24H19N3O5S. The Kier molecular flexibility index (Phi) is 6.11. The van der Waals surface area contributed by atoms with Gasteiger partial charge in [-0.2, -0.15) is 5.26 Å². The van der Waals surface area contributed by atoms with Gasteiger partial charge in [-0.3, -0.25) is 9.10 Å². The molecule has 9 heteroatoms. The number of fused-ring (bicyclic) bond motifs is 1. The van der Waals surface area contributed by atoms with Gasteiger partial charge in [0.2, 0.25) is 0 Å². The summed E-state index contributed by atoms with van der Waals surface area (Å²) >= 11 is 0. The number of sulfonamides is 1. The Bertz CT molecular complexity index is 1360. The maximum atomic E-state index is 13.2. The summed E-state index contributed by atoms with van der Waals surface area (Å²) < 4.78 is 32.7. The van der Waals surface area contributed by atoms with Crippen LogP contribution in [0.1, 0.15) is 21.5 Å². The average Bonchev–Trinajstić information content (AvgIpc) is 3.28. The number of nitrogens with one attached hydrogen (secondary N) is 1. The van der Waals surface area contributed by atoms with E-state index in [-0.39, 0.29) is 10.5 Å². The van der Waals surface area contributed by atoms with Gasteiger partial charge in [0.1, 0.15) is 0 Å². The molecule has 0 fully saturated rings. The maximum absolute atomic E-state index is 13.2. The van der Waals surface area contributed by atoms with Gasteiger partial charge < -0.3 is 10.1 Å². The topological polar surface area (TPSA) is 117 Å². The van der Waals surface area contributed by atoms with Gasteiger partial charge in [0.25, 0.3) is 15.9 Å². The van der Waals surface area contributed by atoms with Gasteiger partial charge in [-0.25, -0.2) is 13.2 Å². The molecule has 0 saturated heterocycles. The zero-order valence-corrected chi connectivity index (χ0v) is 18.2. The highest BCUT2D eigenvalue weighted by atomic mass is 32.2. The SMILES string of the molecule is N#Cc1ccc(NC(=O)COC(=O)c2cccc(S(=O)(=O)N3CCc4ccccc43)c2)cc1. The first-order valence-corrected chi connectivity index (χ1v) is 11.5. The van der Waals surface area contributed by atoms with Crippen LogP contribution in [0.2, 0.25) is 0 Å². The molecule has 4 rings (SSSR count). The molecule has 0 atom stereocenters. The first-order chi connectivity index (χ1) is 15.9. The summed E-state index contributed by atoms with van der Waals surface area (Å²) in [5, 5.41) is 11.4. The summed E-state index contributed by atoms with van der Waals surface area (Å²) in [5.41, 5.74) is 2.50. The number of esters is 1. The number of benzene rings is 3. The minimum absolute atomic E-state index is 0.0229. The van der Waals surface area contributed by atoms with Crippen LogP contribution in [0, 0.1) is 11.3 Å². The van der Waals surface area contributed by atoms with E-state index >= 15 is 0 Å². The van der Waals surface area contributed by atoms with Crippen LogP contribution in [0.15, 0.2) is 77.7 Å². The van der Waals surface area contributed by atoms with Crippen LogP contribution in [-0.4, -0.2) is 33.4 Å². The Morgan fingerprint density at radius 1 is 1.03 bits per heavy atom. The standard InChI is InChI=1S/C24H19N3O5S/c25-15-17-8-10-20(11-9-17)26-23(28)16-32-24(29)19-5-3-6-21(14-19)33(30,31)27-13-12-18-4-1-2-7-22(18)27/h1-11,14H,12-13,16H2,(H,26,28). The van der Waals surface area contributed by atoms with Crippen LogP contribution in [0.3, 0.4) is 0 Å². The maximum Gasteiger partial charge on any atom is 0.338 e. The lowest BCUT2D eigenvalue weighted by Crippen LogP contribution is -2.29. The largest absolute Gasteiger partial charge is 0.452 e. The number of carbonyl (C=O) groups is 2. The van der Waals surface area contributed by atoms with E-state index in [2.05, 4.69) is 5.32 Å². The Labute approximate surface area is 191 Å². The smallest absolute Gasteiger partial charge is 0.338 e. The first kappa shape index (κ1) is 22.0. The normalized spacial score (nSPS) is 12.5. The van der Waals surface area contributed by atoms with E-state index in [1.165, 1.54) is 28.6 Å². The van der Waals surface area contributed by atoms with Crippen LogP contribution in [-0.2, 0) is 26.0 Å². The summed E-state index contributed by atoms with van der Waals surface area (Å²) in [4.78, 5) is 24.5. The molecule has 0 bridgehead atoms. The number of para-hydroxylation sites is 1. The molecule has 0 aliphatic carbocycles. The number of hydrogen-bond donors (Lipinski definition) is 1. The highest BCUT2D eigenvalue weighted by Gasteiger charge is 2.31. The van der Waals surface area contributed by atoms with Crippen molar-refractivity contribution in [3.63, 3.8) is 0 Å². The van der Waals surface area contributed by atoms with E-state index in [4.69, 9.17) is 10.00 Å². The van der Waals surface area contributed by atoms with Gasteiger partial charge >= 0.3 is 5.97 Å². The molecule has 0 saturated carbocycles. The van der Waals surface area contributed by atoms with E-state index in [0.29, 0.717) is 29.9 Å². The fraction of sp³-hybridized carbons (Fsp3) is 0.125. The molecule has 1 aliphatic heterocycles. The van der Waals surface area contributed by atoms with Crippen molar-refractivity contribution in [2.24, 2.45) is 0 Å². The van der Waals surface area contributed by atoms with E-state index in [0.717, 1.165) is 5.56 Å². The first-order valence-electron chi connectivity index (χ1n) is 10.1. The molecular weight excluding hydrogens is 442 g/mol. The van der Waals surface area contributed by atoms with E-state index in [1.54, 1.807) is 36.4 Å². The van der Waals surface area contributed by atoms with E-state index in [1.807, 2.05) is 18.2 Å². The second-order valence-electron chi connectivity index (χ2n) is 7.30. The van der Waals surface area contributed by atoms with E-state index in [9.17, 15) is 18.0 Å². The fourth-order valence-electron chi connectivity index (χ4n) is 3.51. The van der Waals surface area contributed by atoms with Crippen LogP contribution < -0.4 is 9.62 Å². The van der Waals surface area contributed by atoms with Crippen molar-refractivity contribution in [1.82, 2.24) is 0 Å². The van der Waals surface area contributed by atoms with Crippen molar-refractivity contribution in [3.8, 4) is 6.07 Å². The molecule has 1 aliphatic rings. The molecule has 3 aromatic rings. The summed E-state index contributed by atoms with van der Waals surface area (Å²) in [7, 11) is -3.86. The number of carbonyl (C=O) groups excluding carboxylic acids is 2. The predicted molar refractivity (Wildman–Crippen MR) is 121 cm³/mol. The third-order valence-electron chi connectivity index (χ3n) is 5.13. The summed E-state index contributed by atoms with van der Waals surface area (Å²) in [6, 6.07) is 21.0. The second kappa shape index (κ2) is 9.14. The van der Waals surface area contributed by atoms with Gasteiger partial charge in [0.05, 0.1) is 27.8 Å². The van der Waals surface area contributed by atoms with E-state index < -0.39 is 28.5 Å². The molecule has 0 aromatic heterocycles. The molecule has 8 nitrogen and oxygen atoms in total. The van der Waals surface area contributed by atoms with Gasteiger partial charge in [-0.15, -0.1) is 0 Å². The zero-order valence-electron chi connectivity index (χ0n) is 17.4. The van der Waals surface area contributed by atoms with Gasteiger partial charge in [-0.05, 0) is 60.5 Å². The molecule has 33 heavy (non-hydrogen) atoms. The van der Waals surface area contributed by atoms with Gasteiger partial charge in [0.15, 0.2) is 6.61 Å². The minimum atomic E-state index is -3.86. The number of nitriles is 1. The fourth-order valence-corrected chi connectivity index (χ4v) is 5.06. The van der Waals surface area contributed by atoms with Crippen molar-refractivity contribution in [1.29, 1.82) is 5.26 Å². The molecule has 0 spiro atoms. The van der Waals surface area contributed by atoms with Crippen LogP contribution in [0.25, 0.3) is 0 Å². The molecule has 0 radical (unpaired) electrons. The monoisotopic (exact) mass is 461 g/mol. The number of ether oxygens (including phenoxy) is 1. The van der Waals surface area contributed by atoms with Crippen LogP contribution in [0.5, 0.6) is 0 Å². The molecule has 1 amide bonds. The van der Waals surface area contributed by atoms with Crippen molar-refractivity contribution < 1.29 is 22.7 Å². The summed E-state index contributed by atoms with van der Waals surface area (Å²) in [6.07, 6.45) is 0.617. The van der Waals surface area contributed by atoms with Crippen molar-refractivity contribution in [3.05, 3.63) is 89.5 Å². The van der Waals surface area contributed by atoms with Gasteiger partial charge in [-0.1, -0.05) is 24.3 Å². The number of nitrogens with zero attached hydrogens (tertiary/aromatic N) is 2. The summed E-state index contributed by atoms with van der Waals surface area (Å²) in [5.74, 6) is -1.38. The molecule has 166 valence electrons. The second-order valence-corrected chi connectivity index (χ2v) is 9.16. The lowest BCUT2D eigenvalue weighted by molar-refractivity contribution is -0.119. The lowest BCUT2D eigenvalue weighted by atomic mass is 10.2. The highest BCUT2D eigenvalue weighted by Crippen LogP contribution is 2.32. The Balaban J connectivity index is 1.42. The Morgan fingerprint density at radius 3 is 2.55 bits per heavy atom. The molecule has 1 N–H and O–H groups in total. The third kappa shape index (κ3) is 4.71. The Hall–Kier alpha value is -4.16. The van der Waals surface area contributed by atoms with Crippen molar-refractivity contribution in [2.45, 2.75) is 11.3 Å². The lowest BCUT2D eigenvalue weighted by Gasteiger charge is -2.19. The van der Waals surface area contributed by atoms with Crippen LogP contribution in [0.4, 0.5) is 11.4 Å². The van der Waals surface area contributed by atoms with Crippen molar-refractivity contribution >= 4 is 33.3 Å². The minimum Gasteiger partial charge on any atom is -0.452 e. The number of hydrogen-bond acceptors (Lipinski definition) is 6. The van der Waals surface area contributed by atoms with Crippen LogP contribution >= 0.6 is 0 Å². The number of rotatable bonds is 6.